The summed E-state index contributed by atoms with van der Waals surface area (Å²) >= 11 is 0. The van der Waals surface area contributed by atoms with E-state index in [4.69, 9.17) is 11.5 Å². The standard InChI is InChI=1S/C13H16N6O2/c1-16-10-5-3-8(6-11(10)19(20)21)2-4-9-7-17-13(15)18-12(9)14/h3,5-7,16H,2,4H2,1H3,(H4,14,15,17,18). The first-order chi connectivity index (χ1) is 10.0. The summed E-state index contributed by atoms with van der Waals surface area (Å²) in [6.45, 7) is 0. The SMILES string of the molecule is CNc1ccc(CCc2cnc(N)nc2N)cc1[N+](=O)[O-]. The number of aromatic nitrogens is 2. The molecule has 8 heteroatoms. The van der Waals surface area contributed by atoms with Gasteiger partial charge in [-0.15, -0.1) is 0 Å². The van der Waals surface area contributed by atoms with E-state index in [9.17, 15) is 10.1 Å². The van der Waals surface area contributed by atoms with Crippen LogP contribution < -0.4 is 16.8 Å². The van der Waals surface area contributed by atoms with E-state index in [2.05, 4.69) is 15.3 Å². The molecule has 2 rings (SSSR count). The molecule has 0 aliphatic rings. The van der Waals surface area contributed by atoms with Gasteiger partial charge in [-0.1, -0.05) is 6.07 Å². The second kappa shape index (κ2) is 6.04. The number of nitrogen functional groups attached to an aromatic ring is 2. The largest absolute Gasteiger partial charge is 0.383 e. The summed E-state index contributed by atoms with van der Waals surface area (Å²) in [4.78, 5) is 18.4. The molecular weight excluding hydrogens is 272 g/mol. The molecule has 0 bridgehead atoms. The van der Waals surface area contributed by atoms with Crippen LogP contribution in [0.4, 0.5) is 23.1 Å². The molecule has 0 aliphatic carbocycles. The number of nitrogens with zero attached hydrogens (tertiary/aromatic N) is 3. The van der Waals surface area contributed by atoms with Crippen molar-refractivity contribution in [1.29, 1.82) is 0 Å². The van der Waals surface area contributed by atoms with Crippen molar-refractivity contribution in [2.75, 3.05) is 23.8 Å². The fraction of sp³-hybridized carbons (Fsp3) is 0.231. The minimum absolute atomic E-state index is 0.0523. The van der Waals surface area contributed by atoms with Crippen LogP contribution in [0.2, 0.25) is 0 Å². The van der Waals surface area contributed by atoms with Gasteiger partial charge in [-0.05, 0) is 24.5 Å². The molecule has 8 nitrogen and oxygen atoms in total. The molecule has 0 saturated carbocycles. The van der Waals surface area contributed by atoms with E-state index in [0.717, 1.165) is 11.1 Å². The molecule has 21 heavy (non-hydrogen) atoms. The summed E-state index contributed by atoms with van der Waals surface area (Å²) in [5.74, 6) is 0.467. The first kappa shape index (κ1) is 14.5. The van der Waals surface area contributed by atoms with Crippen LogP contribution in [0.3, 0.4) is 0 Å². The lowest BCUT2D eigenvalue weighted by Crippen LogP contribution is -2.05. The average molecular weight is 288 g/mol. The summed E-state index contributed by atoms with van der Waals surface area (Å²) in [6.07, 6.45) is 2.76. The van der Waals surface area contributed by atoms with Gasteiger partial charge in [0.1, 0.15) is 11.5 Å². The third-order valence-electron chi connectivity index (χ3n) is 3.13. The molecule has 1 aromatic carbocycles. The Bertz CT molecular complexity index is 674. The van der Waals surface area contributed by atoms with Gasteiger partial charge in [-0.3, -0.25) is 10.1 Å². The summed E-state index contributed by atoms with van der Waals surface area (Å²) < 4.78 is 0. The Morgan fingerprint density at radius 3 is 2.71 bits per heavy atom. The van der Waals surface area contributed by atoms with Crippen molar-refractivity contribution in [1.82, 2.24) is 9.97 Å². The van der Waals surface area contributed by atoms with E-state index >= 15 is 0 Å². The van der Waals surface area contributed by atoms with Crippen molar-refractivity contribution < 1.29 is 4.92 Å². The van der Waals surface area contributed by atoms with Gasteiger partial charge in [0.25, 0.3) is 5.69 Å². The Morgan fingerprint density at radius 2 is 2.10 bits per heavy atom. The van der Waals surface area contributed by atoms with Crippen LogP contribution >= 0.6 is 0 Å². The third-order valence-corrected chi connectivity index (χ3v) is 3.13. The van der Waals surface area contributed by atoms with Crippen molar-refractivity contribution >= 4 is 23.1 Å². The summed E-state index contributed by atoms with van der Waals surface area (Å²) in [7, 11) is 1.65. The molecule has 0 atom stereocenters. The highest BCUT2D eigenvalue weighted by Gasteiger charge is 2.13. The smallest absolute Gasteiger partial charge is 0.292 e. The molecule has 1 aromatic heterocycles. The normalized spacial score (nSPS) is 10.3. The van der Waals surface area contributed by atoms with Gasteiger partial charge in [-0.25, -0.2) is 4.98 Å². The zero-order valence-corrected chi connectivity index (χ0v) is 11.5. The summed E-state index contributed by atoms with van der Waals surface area (Å²) in [5, 5.41) is 13.8. The van der Waals surface area contributed by atoms with Gasteiger partial charge in [0, 0.05) is 24.9 Å². The molecular formula is C13H16N6O2. The number of nitro benzene ring substituents is 1. The number of nitrogens with two attached hydrogens (primary N) is 2. The first-order valence-corrected chi connectivity index (χ1v) is 6.33. The summed E-state index contributed by atoms with van der Waals surface area (Å²) in [5.41, 5.74) is 13.3. The highest BCUT2D eigenvalue weighted by molar-refractivity contribution is 5.62. The summed E-state index contributed by atoms with van der Waals surface area (Å²) in [6, 6.07) is 5.09. The number of hydrogen-bond acceptors (Lipinski definition) is 7. The van der Waals surface area contributed by atoms with Gasteiger partial charge < -0.3 is 16.8 Å². The molecule has 0 aliphatic heterocycles. The van der Waals surface area contributed by atoms with Crippen molar-refractivity contribution in [3.05, 3.63) is 45.6 Å². The number of nitro groups is 1. The van der Waals surface area contributed by atoms with Crippen molar-refractivity contribution in [3.8, 4) is 0 Å². The molecule has 0 saturated heterocycles. The van der Waals surface area contributed by atoms with Crippen LogP contribution in [0.25, 0.3) is 0 Å². The number of benzene rings is 1. The number of rotatable bonds is 5. The van der Waals surface area contributed by atoms with E-state index in [1.807, 2.05) is 6.07 Å². The highest BCUT2D eigenvalue weighted by Crippen LogP contribution is 2.25. The van der Waals surface area contributed by atoms with Crippen molar-refractivity contribution in [2.45, 2.75) is 12.8 Å². The molecule has 0 unspecified atom stereocenters. The lowest BCUT2D eigenvalue weighted by molar-refractivity contribution is -0.384. The maximum absolute atomic E-state index is 11.0. The van der Waals surface area contributed by atoms with Crippen LogP contribution in [0, 0.1) is 10.1 Å². The minimum atomic E-state index is -0.407. The van der Waals surface area contributed by atoms with Crippen LogP contribution in [0.15, 0.2) is 24.4 Å². The van der Waals surface area contributed by atoms with E-state index in [1.54, 1.807) is 25.4 Å². The Balaban J connectivity index is 2.16. The third kappa shape index (κ3) is 3.35. The van der Waals surface area contributed by atoms with Gasteiger partial charge in [0.05, 0.1) is 4.92 Å². The van der Waals surface area contributed by atoms with Crippen LogP contribution in [0.5, 0.6) is 0 Å². The maximum atomic E-state index is 11.0. The van der Waals surface area contributed by atoms with Gasteiger partial charge >= 0.3 is 0 Å². The quantitative estimate of drug-likeness (QED) is 0.559. The number of hydrogen-bond donors (Lipinski definition) is 3. The molecule has 2 aromatic rings. The molecule has 0 fully saturated rings. The van der Waals surface area contributed by atoms with Crippen LogP contribution in [-0.2, 0) is 12.8 Å². The predicted molar refractivity (Wildman–Crippen MR) is 80.9 cm³/mol. The topological polar surface area (TPSA) is 133 Å². The lowest BCUT2D eigenvalue weighted by atomic mass is 10.0. The molecule has 110 valence electrons. The van der Waals surface area contributed by atoms with E-state index in [-0.39, 0.29) is 11.6 Å². The Kier molecular flexibility index (Phi) is 4.17. The Morgan fingerprint density at radius 1 is 1.33 bits per heavy atom. The van der Waals surface area contributed by atoms with E-state index in [0.29, 0.717) is 24.3 Å². The average Bonchev–Trinajstić information content (AvgIpc) is 2.46. The van der Waals surface area contributed by atoms with Crippen molar-refractivity contribution in [2.24, 2.45) is 0 Å². The van der Waals surface area contributed by atoms with Gasteiger partial charge in [-0.2, -0.15) is 4.98 Å². The molecule has 5 N–H and O–H groups in total. The fourth-order valence-corrected chi connectivity index (χ4v) is 2.00. The Hall–Kier alpha value is -2.90. The van der Waals surface area contributed by atoms with E-state index in [1.165, 1.54) is 0 Å². The van der Waals surface area contributed by atoms with Gasteiger partial charge in [0.2, 0.25) is 5.95 Å². The minimum Gasteiger partial charge on any atom is -0.383 e. The predicted octanol–water partition coefficient (Wildman–Crippen LogP) is 1.38. The van der Waals surface area contributed by atoms with Crippen LogP contribution in [-0.4, -0.2) is 21.9 Å². The molecule has 1 heterocycles. The molecule has 0 spiro atoms. The zero-order valence-electron chi connectivity index (χ0n) is 11.5. The first-order valence-electron chi connectivity index (χ1n) is 6.33. The second-order valence-electron chi connectivity index (χ2n) is 4.50. The van der Waals surface area contributed by atoms with Gasteiger partial charge in [0.15, 0.2) is 0 Å². The zero-order chi connectivity index (χ0) is 15.4. The lowest BCUT2D eigenvalue weighted by Gasteiger charge is -2.07. The number of anilines is 3. The molecule has 0 amide bonds. The van der Waals surface area contributed by atoms with Crippen molar-refractivity contribution in [3.63, 3.8) is 0 Å². The Labute approximate surface area is 121 Å². The monoisotopic (exact) mass is 288 g/mol. The molecule has 0 radical (unpaired) electrons. The number of aryl methyl sites for hydroxylation is 2. The fourth-order valence-electron chi connectivity index (χ4n) is 2.00. The van der Waals surface area contributed by atoms with E-state index < -0.39 is 4.92 Å². The maximum Gasteiger partial charge on any atom is 0.292 e. The second-order valence-corrected chi connectivity index (χ2v) is 4.50. The highest BCUT2D eigenvalue weighted by atomic mass is 16.6. The number of nitrogens with one attached hydrogen (secondary N) is 1. The van der Waals surface area contributed by atoms with Crippen LogP contribution in [0.1, 0.15) is 11.1 Å².